The molecule has 0 saturated heterocycles. The molecule has 4 rings (SSSR count). The van der Waals surface area contributed by atoms with Crippen LogP contribution in [0.2, 0.25) is 0 Å². The average Bonchev–Trinajstić information content (AvgIpc) is 3.06. The lowest BCUT2D eigenvalue weighted by Gasteiger charge is -2.30. The van der Waals surface area contributed by atoms with Gasteiger partial charge >= 0.3 is 0 Å². The lowest BCUT2D eigenvalue weighted by Crippen LogP contribution is -2.34. The molecule has 0 radical (unpaired) electrons. The van der Waals surface area contributed by atoms with Crippen molar-refractivity contribution in [1.82, 2.24) is 4.90 Å². The molecular weight excluding hydrogens is 262 g/mol. The van der Waals surface area contributed by atoms with Gasteiger partial charge in [-0.15, -0.1) is 0 Å². The van der Waals surface area contributed by atoms with E-state index in [1.54, 1.807) is 0 Å². The van der Waals surface area contributed by atoms with Gasteiger partial charge in [-0.2, -0.15) is 0 Å². The van der Waals surface area contributed by atoms with Crippen molar-refractivity contribution in [3.05, 3.63) is 71.8 Å². The summed E-state index contributed by atoms with van der Waals surface area (Å²) in [6, 6.07) is 15.6. The van der Waals surface area contributed by atoms with Crippen LogP contribution in [0.15, 0.2) is 60.7 Å². The zero-order valence-corrected chi connectivity index (χ0v) is 11.5. The average molecular weight is 277 g/mol. The highest BCUT2D eigenvalue weighted by molar-refractivity contribution is 5.90. The summed E-state index contributed by atoms with van der Waals surface area (Å²) in [6.45, 7) is 1.39. The Morgan fingerprint density at radius 3 is 2.00 bits per heavy atom. The first-order valence-electron chi connectivity index (χ1n) is 7.14. The van der Waals surface area contributed by atoms with E-state index in [4.69, 9.17) is 4.74 Å². The van der Waals surface area contributed by atoms with Gasteiger partial charge in [-0.3, -0.25) is 4.79 Å². The zero-order chi connectivity index (χ0) is 14.2. The highest BCUT2D eigenvalue weighted by atomic mass is 16.5. The van der Waals surface area contributed by atoms with Crippen LogP contribution in [-0.2, 0) is 4.79 Å². The monoisotopic (exact) mass is 277 g/mol. The maximum Gasteiger partial charge on any atom is 0.235 e. The van der Waals surface area contributed by atoms with Gasteiger partial charge in [0.1, 0.15) is 11.5 Å². The van der Waals surface area contributed by atoms with Crippen LogP contribution in [0, 0.1) is 0 Å². The van der Waals surface area contributed by atoms with Gasteiger partial charge in [0.05, 0.1) is 5.92 Å². The summed E-state index contributed by atoms with van der Waals surface area (Å²) in [7, 11) is 0. The maximum absolute atomic E-state index is 13.0. The van der Waals surface area contributed by atoms with E-state index >= 15 is 0 Å². The molecule has 0 saturated carbocycles. The molecule has 2 heterocycles. The minimum Gasteiger partial charge on any atom is -0.457 e. The largest absolute Gasteiger partial charge is 0.457 e. The third-order valence-corrected chi connectivity index (χ3v) is 4.06. The SMILES string of the molecule is O=C(C1c2ccccc2Oc2ccccc21)N1CC=CC1. The van der Waals surface area contributed by atoms with Gasteiger partial charge in [0, 0.05) is 24.2 Å². The minimum atomic E-state index is -0.272. The molecule has 0 unspecified atom stereocenters. The van der Waals surface area contributed by atoms with Crippen LogP contribution in [0.4, 0.5) is 0 Å². The van der Waals surface area contributed by atoms with E-state index in [0.717, 1.165) is 22.6 Å². The van der Waals surface area contributed by atoms with Gasteiger partial charge in [0.25, 0.3) is 0 Å². The molecule has 2 aromatic rings. The molecule has 2 aromatic carbocycles. The second-order valence-corrected chi connectivity index (χ2v) is 5.33. The molecule has 2 aliphatic heterocycles. The van der Waals surface area contributed by atoms with E-state index in [0.29, 0.717) is 13.1 Å². The molecule has 3 heteroatoms. The van der Waals surface area contributed by atoms with Crippen LogP contribution >= 0.6 is 0 Å². The minimum absolute atomic E-state index is 0.142. The standard InChI is InChI=1S/C18H15NO2/c20-18(19-11-5-6-12-19)17-13-7-1-3-9-15(13)21-16-10-4-2-8-14(16)17/h1-10,17H,11-12H2. The van der Waals surface area contributed by atoms with Crippen LogP contribution in [-0.4, -0.2) is 23.9 Å². The van der Waals surface area contributed by atoms with Crippen LogP contribution in [0.1, 0.15) is 17.0 Å². The molecule has 1 amide bonds. The van der Waals surface area contributed by atoms with E-state index in [1.807, 2.05) is 65.6 Å². The summed E-state index contributed by atoms with van der Waals surface area (Å²) < 4.78 is 5.93. The third kappa shape index (κ3) is 1.93. The van der Waals surface area contributed by atoms with Gasteiger partial charge in [0.2, 0.25) is 5.91 Å². The molecule has 0 aliphatic carbocycles. The van der Waals surface area contributed by atoms with Crippen molar-refractivity contribution in [2.45, 2.75) is 5.92 Å². The van der Waals surface area contributed by atoms with Crippen molar-refractivity contribution in [2.24, 2.45) is 0 Å². The Bertz CT molecular complexity index is 682. The van der Waals surface area contributed by atoms with Crippen LogP contribution in [0.5, 0.6) is 11.5 Å². The number of nitrogens with zero attached hydrogens (tertiary/aromatic N) is 1. The number of hydrogen-bond donors (Lipinski definition) is 0. The Balaban J connectivity index is 1.83. The number of ether oxygens (including phenoxy) is 1. The van der Waals surface area contributed by atoms with E-state index in [2.05, 4.69) is 0 Å². The number of hydrogen-bond acceptors (Lipinski definition) is 2. The number of carbonyl (C=O) groups is 1. The molecule has 0 aromatic heterocycles. The van der Waals surface area contributed by atoms with Gasteiger partial charge < -0.3 is 9.64 Å². The zero-order valence-electron chi connectivity index (χ0n) is 11.5. The molecule has 0 fully saturated rings. The van der Waals surface area contributed by atoms with Gasteiger partial charge in [-0.1, -0.05) is 48.6 Å². The van der Waals surface area contributed by atoms with Crippen LogP contribution < -0.4 is 4.74 Å². The van der Waals surface area contributed by atoms with Crippen molar-refractivity contribution in [3.63, 3.8) is 0 Å². The normalized spacial score (nSPS) is 16.3. The third-order valence-electron chi connectivity index (χ3n) is 4.06. The predicted molar refractivity (Wildman–Crippen MR) is 80.5 cm³/mol. The van der Waals surface area contributed by atoms with E-state index in [9.17, 15) is 4.79 Å². The Hall–Kier alpha value is -2.55. The number of para-hydroxylation sites is 2. The Morgan fingerprint density at radius 1 is 0.905 bits per heavy atom. The van der Waals surface area contributed by atoms with Crippen LogP contribution in [0.3, 0.4) is 0 Å². The molecule has 0 atom stereocenters. The molecule has 2 aliphatic rings. The highest BCUT2D eigenvalue weighted by Crippen LogP contribution is 2.44. The van der Waals surface area contributed by atoms with E-state index < -0.39 is 0 Å². The van der Waals surface area contributed by atoms with Crippen molar-refractivity contribution in [3.8, 4) is 11.5 Å². The first-order chi connectivity index (χ1) is 10.3. The fraction of sp³-hybridized carbons (Fsp3) is 0.167. The topological polar surface area (TPSA) is 29.5 Å². The summed E-state index contributed by atoms with van der Waals surface area (Å²) in [6.07, 6.45) is 4.07. The number of benzene rings is 2. The molecule has 0 N–H and O–H groups in total. The maximum atomic E-state index is 13.0. The Kier molecular flexibility index (Phi) is 2.78. The Morgan fingerprint density at radius 2 is 1.43 bits per heavy atom. The molecule has 0 spiro atoms. The van der Waals surface area contributed by atoms with E-state index in [1.165, 1.54) is 0 Å². The second-order valence-electron chi connectivity index (χ2n) is 5.33. The molecule has 21 heavy (non-hydrogen) atoms. The second kappa shape index (κ2) is 4.77. The first kappa shape index (κ1) is 12.2. The van der Waals surface area contributed by atoms with Crippen molar-refractivity contribution in [2.75, 3.05) is 13.1 Å². The van der Waals surface area contributed by atoms with Crippen molar-refractivity contribution < 1.29 is 9.53 Å². The summed E-state index contributed by atoms with van der Waals surface area (Å²) >= 11 is 0. The van der Waals surface area contributed by atoms with Gasteiger partial charge in [0.15, 0.2) is 0 Å². The van der Waals surface area contributed by atoms with Crippen molar-refractivity contribution >= 4 is 5.91 Å². The molecular formula is C18H15NO2. The number of carbonyl (C=O) groups excluding carboxylic acids is 1. The van der Waals surface area contributed by atoms with Gasteiger partial charge in [-0.25, -0.2) is 0 Å². The molecule has 0 bridgehead atoms. The smallest absolute Gasteiger partial charge is 0.235 e. The Labute approximate surface area is 123 Å². The first-order valence-corrected chi connectivity index (χ1v) is 7.14. The number of rotatable bonds is 1. The molecule has 3 nitrogen and oxygen atoms in total. The summed E-state index contributed by atoms with van der Waals surface area (Å²) in [5, 5.41) is 0. The highest BCUT2D eigenvalue weighted by Gasteiger charge is 2.34. The predicted octanol–water partition coefficient (Wildman–Crippen LogP) is 3.32. The summed E-state index contributed by atoms with van der Waals surface area (Å²) in [5.41, 5.74) is 1.90. The molecule has 104 valence electrons. The fourth-order valence-electron chi connectivity index (χ4n) is 3.02. The van der Waals surface area contributed by atoms with Crippen LogP contribution in [0.25, 0.3) is 0 Å². The van der Waals surface area contributed by atoms with Crippen molar-refractivity contribution in [1.29, 1.82) is 0 Å². The fourth-order valence-corrected chi connectivity index (χ4v) is 3.02. The summed E-state index contributed by atoms with van der Waals surface area (Å²) in [5.74, 6) is 1.43. The van der Waals surface area contributed by atoms with E-state index in [-0.39, 0.29) is 11.8 Å². The lowest BCUT2D eigenvalue weighted by molar-refractivity contribution is -0.130. The number of fused-ring (bicyclic) bond motifs is 2. The lowest BCUT2D eigenvalue weighted by atomic mass is 9.87. The number of amides is 1. The van der Waals surface area contributed by atoms with Gasteiger partial charge in [-0.05, 0) is 12.1 Å². The quantitative estimate of drug-likeness (QED) is 0.748. The summed E-state index contributed by atoms with van der Waals surface area (Å²) in [4.78, 5) is 14.8.